The Hall–Kier alpha value is -1.01. The van der Waals surface area contributed by atoms with Crippen molar-refractivity contribution in [2.75, 3.05) is 5.32 Å². The zero-order chi connectivity index (χ0) is 15.0. The summed E-state index contributed by atoms with van der Waals surface area (Å²) < 4.78 is 1.41. The van der Waals surface area contributed by atoms with Crippen LogP contribution in [0.25, 0.3) is 0 Å². The summed E-state index contributed by atoms with van der Waals surface area (Å²) in [5, 5.41) is 3.47. The molecule has 0 aliphatic carbocycles. The van der Waals surface area contributed by atoms with E-state index in [0.717, 1.165) is 11.3 Å². The van der Waals surface area contributed by atoms with Gasteiger partial charge < -0.3 is 9.88 Å². The van der Waals surface area contributed by atoms with Crippen LogP contribution in [-0.4, -0.2) is 10.5 Å². The van der Waals surface area contributed by atoms with Crippen LogP contribution in [0, 0.1) is 6.92 Å². The number of aromatic nitrogens is 1. The predicted molar refractivity (Wildman–Crippen MR) is 83.7 cm³/mol. The fourth-order valence-electron chi connectivity index (χ4n) is 1.53. The molecule has 0 aliphatic heterocycles. The third-order valence-electron chi connectivity index (χ3n) is 2.76. The summed E-state index contributed by atoms with van der Waals surface area (Å²) >= 11 is 18.6. The third kappa shape index (κ3) is 2.86. The van der Waals surface area contributed by atoms with Crippen molar-refractivity contribution >= 4 is 57.7 Å². The fourth-order valence-corrected chi connectivity index (χ4v) is 3.00. The standard InChI is InChI=1S/C12H9Cl3N2O2S/c1-5-10(20-12(19)17(5)2)11(18)16-9-4-7(14)6(13)3-8(9)15/h3-4H,1-2H3,(H,16,18). The van der Waals surface area contributed by atoms with Crippen molar-refractivity contribution in [2.24, 2.45) is 7.05 Å². The van der Waals surface area contributed by atoms with E-state index in [4.69, 9.17) is 34.8 Å². The van der Waals surface area contributed by atoms with Gasteiger partial charge in [-0.1, -0.05) is 46.1 Å². The normalized spacial score (nSPS) is 10.7. The van der Waals surface area contributed by atoms with E-state index in [1.807, 2.05) is 0 Å². The van der Waals surface area contributed by atoms with Crippen LogP contribution in [0.5, 0.6) is 0 Å². The monoisotopic (exact) mass is 350 g/mol. The molecule has 0 radical (unpaired) electrons. The van der Waals surface area contributed by atoms with Gasteiger partial charge in [-0.15, -0.1) is 0 Å². The summed E-state index contributed by atoms with van der Waals surface area (Å²) in [6.07, 6.45) is 0. The molecule has 0 saturated carbocycles. The molecule has 1 heterocycles. The Labute approximate surface area is 133 Å². The highest BCUT2D eigenvalue weighted by Gasteiger charge is 2.17. The minimum atomic E-state index is -0.412. The van der Waals surface area contributed by atoms with E-state index in [1.165, 1.54) is 16.7 Å². The number of benzene rings is 1. The summed E-state index contributed by atoms with van der Waals surface area (Å²) in [5.74, 6) is -0.412. The van der Waals surface area contributed by atoms with Gasteiger partial charge in [0.05, 0.1) is 20.8 Å². The number of rotatable bonds is 2. The van der Waals surface area contributed by atoms with Gasteiger partial charge in [0.2, 0.25) is 0 Å². The van der Waals surface area contributed by atoms with Crippen molar-refractivity contribution in [3.05, 3.63) is 47.4 Å². The highest BCUT2D eigenvalue weighted by atomic mass is 35.5. The van der Waals surface area contributed by atoms with Gasteiger partial charge in [0.1, 0.15) is 4.88 Å². The summed E-state index contributed by atoms with van der Waals surface area (Å²) in [6.45, 7) is 1.70. The van der Waals surface area contributed by atoms with Gasteiger partial charge in [-0.25, -0.2) is 0 Å². The van der Waals surface area contributed by atoms with Crippen LogP contribution in [0.3, 0.4) is 0 Å². The molecular weight excluding hydrogens is 343 g/mol. The molecule has 106 valence electrons. The van der Waals surface area contributed by atoms with E-state index in [-0.39, 0.29) is 14.9 Å². The van der Waals surface area contributed by atoms with E-state index >= 15 is 0 Å². The molecule has 0 aliphatic rings. The van der Waals surface area contributed by atoms with Crippen molar-refractivity contribution in [3.63, 3.8) is 0 Å². The van der Waals surface area contributed by atoms with E-state index in [0.29, 0.717) is 21.3 Å². The number of anilines is 1. The summed E-state index contributed by atoms with van der Waals surface area (Å²) in [5.41, 5.74) is 0.933. The molecule has 0 unspecified atom stereocenters. The van der Waals surface area contributed by atoms with E-state index < -0.39 is 5.91 Å². The van der Waals surface area contributed by atoms with Crippen molar-refractivity contribution in [1.29, 1.82) is 0 Å². The maximum absolute atomic E-state index is 12.2. The first-order chi connectivity index (χ1) is 9.31. The molecule has 2 rings (SSSR count). The van der Waals surface area contributed by atoms with Crippen LogP contribution in [0.15, 0.2) is 16.9 Å². The average molecular weight is 352 g/mol. The smallest absolute Gasteiger partial charge is 0.307 e. The second-order valence-corrected chi connectivity index (χ2v) is 6.23. The molecule has 8 heteroatoms. The Bertz CT molecular complexity index is 752. The minimum Gasteiger partial charge on any atom is -0.320 e. The number of carbonyl (C=O) groups is 1. The second kappa shape index (κ2) is 5.77. The van der Waals surface area contributed by atoms with Gasteiger partial charge in [0, 0.05) is 12.7 Å². The average Bonchev–Trinajstić information content (AvgIpc) is 2.64. The molecule has 0 bridgehead atoms. The quantitative estimate of drug-likeness (QED) is 0.832. The van der Waals surface area contributed by atoms with Gasteiger partial charge in [0.25, 0.3) is 5.91 Å². The van der Waals surface area contributed by atoms with Gasteiger partial charge in [-0.3, -0.25) is 9.59 Å². The SMILES string of the molecule is Cc1c(C(=O)Nc2cc(Cl)c(Cl)cc2Cl)sc(=O)n1C. The van der Waals surface area contributed by atoms with Gasteiger partial charge in [-0.05, 0) is 19.1 Å². The van der Waals surface area contributed by atoms with Crippen molar-refractivity contribution in [3.8, 4) is 0 Å². The number of nitrogens with one attached hydrogen (secondary N) is 1. The van der Waals surface area contributed by atoms with Crippen LogP contribution >= 0.6 is 46.1 Å². The molecule has 1 aromatic carbocycles. The van der Waals surface area contributed by atoms with Crippen molar-refractivity contribution in [2.45, 2.75) is 6.92 Å². The Balaban J connectivity index is 2.35. The first-order valence-electron chi connectivity index (χ1n) is 5.43. The Morgan fingerprint density at radius 3 is 2.35 bits per heavy atom. The number of carbonyl (C=O) groups excluding carboxylic acids is 1. The first-order valence-corrected chi connectivity index (χ1v) is 7.38. The second-order valence-electron chi connectivity index (χ2n) is 4.04. The molecule has 2 aromatic rings. The number of hydrogen-bond donors (Lipinski definition) is 1. The van der Waals surface area contributed by atoms with Crippen LogP contribution in [0.2, 0.25) is 15.1 Å². The zero-order valence-corrected chi connectivity index (χ0v) is 13.5. The van der Waals surface area contributed by atoms with Crippen LogP contribution in [0.4, 0.5) is 5.69 Å². The lowest BCUT2D eigenvalue weighted by molar-refractivity contribution is 0.102. The van der Waals surface area contributed by atoms with E-state index in [9.17, 15) is 9.59 Å². The third-order valence-corrected chi connectivity index (χ3v) is 4.93. The van der Waals surface area contributed by atoms with Gasteiger partial charge >= 0.3 is 4.87 Å². The molecule has 4 nitrogen and oxygen atoms in total. The minimum absolute atomic E-state index is 0.201. The van der Waals surface area contributed by atoms with Gasteiger partial charge in [0.15, 0.2) is 0 Å². The molecule has 20 heavy (non-hydrogen) atoms. The van der Waals surface area contributed by atoms with E-state index in [1.54, 1.807) is 14.0 Å². The molecule has 1 aromatic heterocycles. The predicted octanol–water partition coefficient (Wildman–Crippen LogP) is 3.97. The van der Waals surface area contributed by atoms with Crippen LogP contribution in [0.1, 0.15) is 15.4 Å². The number of amides is 1. The van der Waals surface area contributed by atoms with E-state index in [2.05, 4.69) is 5.32 Å². The molecule has 0 fully saturated rings. The number of halogens is 3. The molecular formula is C12H9Cl3N2O2S. The van der Waals surface area contributed by atoms with Crippen LogP contribution in [-0.2, 0) is 7.05 Å². The maximum Gasteiger partial charge on any atom is 0.307 e. The molecule has 1 N–H and O–H groups in total. The fraction of sp³-hybridized carbons (Fsp3) is 0.167. The lowest BCUT2D eigenvalue weighted by Crippen LogP contribution is -2.13. The lowest BCUT2D eigenvalue weighted by Gasteiger charge is -2.08. The lowest BCUT2D eigenvalue weighted by atomic mass is 10.3. The maximum atomic E-state index is 12.2. The Morgan fingerprint density at radius 2 is 1.80 bits per heavy atom. The number of thiazole rings is 1. The summed E-state index contributed by atoms with van der Waals surface area (Å²) in [6, 6.07) is 2.91. The largest absolute Gasteiger partial charge is 0.320 e. The highest BCUT2D eigenvalue weighted by Crippen LogP contribution is 2.32. The molecule has 0 saturated heterocycles. The first kappa shape index (κ1) is 15.4. The molecule has 0 spiro atoms. The molecule has 0 atom stereocenters. The zero-order valence-electron chi connectivity index (χ0n) is 10.5. The Kier molecular flexibility index (Phi) is 4.44. The topological polar surface area (TPSA) is 51.1 Å². The Morgan fingerprint density at radius 1 is 1.20 bits per heavy atom. The summed E-state index contributed by atoms with van der Waals surface area (Å²) in [4.78, 5) is 23.8. The highest BCUT2D eigenvalue weighted by molar-refractivity contribution is 7.11. The number of nitrogens with zero attached hydrogens (tertiary/aromatic N) is 1. The summed E-state index contributed by atoms with van der Waals surface area (Å²) in [7, 11) is 1.61. The van der Waals surface area contributed by atoms with Crippen molar-refractivity contribution in [1.82, 2.24) is 4.57 Å². The molecule has 1 amide bonds. The van der Waals surface area contributed by atoms with Crippen LogP contribution < -0.4 is 10.2 Å². The number of hydrogen-bond acceptors (Lipinski definition) is 3. The van der Waals surface area contributed by atoms with Gasteiger partial charge in [-0.2, -0.15) is 0 Å². The van der Waals surface area contributed by atoms with Crippen molar-refractivity contribution < 1.29 is 4.79 Å².